The quantitative estimate of drug-likeness (QED) is 0.622. The Balaban J connectivity index is 0.000000225. The van der Waals surface area contributed by atoms with Crippen molar-refractivity contribution in [2.75, 3.05) is 7.11 Å². The first kappa shape index (κ1) is 15.2. The molecule has 81 valence electrons. The van der Waals surface area contributed by atoms with E-state index < -0.39 is 8.56 Å². The third-order valence-corrected chi connectivity index (χ3v) is 4.95. The molecule has 3 nitrogen and oxygen atoms in total. The summed E-state index contributed by atoms with van der Waals surface area (Å²) in [5.41, 5.74) is 0. The van der Waals surface area contributed by atoms with E-state index in [0.29, 0.717) is 12.2 Å². The summed E-state index contributed by atoms with van der Waals surface area (Å²) in [6.07, 6.45) is 5.51. The summed E-state index contributed by atoms with van der Waals surface area (Å²) < 4.78 is 9.93. The van der Waals surface area contributed by atoms with Crippen LogP contribution in [0.3, 0.4) is 0 Å². The molecule has 1 N–H and O–H groups in total. The minimum atomic E-state index is -2.15. The third-order valence-electron chi connectivity index (χ3n) is 2.76. The second kappa shape index (κ2) is 6.71. The Morgan fingerprint density at radius 3 is 2.00 bits per heavy atom. The van der Waals surface area contributed by atoms with E-state index in [1.165, 1.54) is 19.3 Å². The Hall–Kier alpha value is 1.20. The molecule has 0 spiro atoms. The summed E-state index contributed by atoms with van der Waals surface area (Å²) >= 11 is 0. The van der Waals surface area contributed by atoms with E-state index in [0.717, 1.165) is 6.04 Å². The molecule has 0 amide bonds. The zero-order valence-corrected chi connectivity index (χ0v) is 13.2. The maximum atomic E-state index is 9.05. The monoisotopic (exact) mass is 293 g/mol. The molecule has 0 aromatic rings. The van der Waals surface area contributed by atoms with Gasteiger partial charge in [0.1, 0.15) is 0 Å². The van der Waals surface area contributed by atoms with Crippen molar-refractivity contribution in [3.8, 4) is 0 Å². The van der Waals surface area contributed by atoms with E-state index in [9.17, 15) is 0 Å². The molecule has 2 aliphatic rings. The molecular formula is C9H20O3SiY. The number of rotatable bonds is 2. The van der Waals surface area contributed by atoms with Gasteiger partial charge in [0.25, 0.3) is 0 Å². The van der Waals surface area contributed by atoms with Crippen LogP contribution in [0.4, 0.5) is 0 Å². The maximum absolute atomic E-state index is 9.05. The van der Waals surface area contributed by atoms with Crippen molar-refractivity contribution in [3.63, 3.8) is 0 Å². The van der Waals surface area contributed by atoms with Gasteiger partial charge in [0, 0.05) is 39.8 Å². The zero-order valence-electron chi connectivity index (χ0n) is 9.32. The number of hydrogen-bond acceptors (Lipinski definition) is 3. The summed E-state index contributed by atoms with van der Waals surface area (Å²) in [5.74, 6) is 0. The second-order valence-electron chi connectivity index (χ2n) is 3.88. The standard InChI is InChI=1S/C5H8O.C4H12O2Si.Y/c1-2-4-5(3-1)6-4;1-4-7(3,5)6-2;/h4-5H,1-3H2;5H,4H2,1-3H3;. The molecule has 2 fully saturated rings. The van der Waals surface area contributed by atoms with Crippen molar-refractivity contribution in [2.24, 2.45) is 0 Å². The number of hydrogen-bond donors (Lipinski definition) is 1. The number of ether oxygens (including phenoxy) is 1. The zero-order chi connectivity index (χ0) is 9.90. The van der Waals surface area contributed by atoms with Gasteiger partial charge in [0.2, 0.25) is 0 Å². The minimum Gasteiger partial charge on any atom is -0.411 e. The average molecular weight is 293 g/mol. The molecule has 3 atom stereocenters. The Morgan fingerprint density at radius 1 is 1.43 bits per heavy atom. The van der Waals surface area contributed by atoms with Crippen LogP contribution in [-0.4, -0.2) is 32.7 Å². The molecule has 1 heterocycles. The maximum Gasteiger partial charge on any atom is 0.331 e. The fourth-order valence-corrected chi connectivity index (χ4v) is 1.64. The van der Waals surface area contributed by atoms with Gasteiger partial charge < -0.3 is 14.0 Å². The summed E-state index contributed by atoms with van der Waals surface area (Å²) in [4.78, 5) is 9.05. The van der Waals surface area contributed by atoms with Gasteiger partial charge in [0.05, 0.1) is 12.2 Å². The number of fused-ring (bicyclic) bond motifs is 1. The van der Waals surface area contributed by atoms with Gasteiger partial charge in [-0.3, -0.25) is 0 Å². The molecule has 2 rings (SSSR count). The van der Waals surface area contributed by atoms with Crippen LogP contribution < -0.4 is 0 Å². The molecule has 1 radical (unpaired) electrons. The first-order chi connectivity index (χ1) is 6.09. The first-order valence-corrected chi connectivity index (χ1v) is 7.58. The SMILES string of the molecule is C1CC2OC2C1.CC[Si](C)(O)OC.[Y]. The normalized spacial score (nSPS) is 31.7. The minimum absolute atomic E-state index is 0. The number of epoxide rings is 1. The van der Waals surface area contributed by atoms with E-state index in [2.05, 4.69) is 0 Å². The fourth-order valence-electron chi connectivity index (χ4n) is 1.35. The van der Waals surface area contributed by atoms with Crippen molar-refractivity contribution in [1.29, 1.82) is 0 Å². The Labute approximate surface area is 113 Å². The fraction of sp³-hybridized carbons (Fsp3) is 1.00. The molecule has 1 saturated carbocycles. The molecule has 1 saturated heterocycles. The van der Waals surface area contributed by atoms with Gasteiger partial charge in [-0.05, 0) is 31.9 Å². The predicted octanol–water partition coefficient (Wildman–Crippen LogP) is 1.65. The van der Waals surface area contributed by atoms with Crippen LogP contribution in [-0.2, 0) is 41.9 Å². The topological polar surface area (TPSA) is 42.0 Å². The van der Waals surface area contributed by atoms with Crippen molar-refractivity contribution in [3.05, 3.63) is 0 Å². The second-order valence-corrected chi connectivity index (χ2v) is 7.34. The summed E-state index contributed by atoms with van der Waals surface area (Å²) in [6, 6.07) is 0.767. The van der Waals surface area contributed by atoms with E-state index >= 15 is 0 Å². The van der Waals surface area contributed by atoms with Gasteiger partial charge in [-0.15, -0.1) is 0 Å². The van der Waals surface area contributed by atoms with Crippen molar-refractivity contribution >= 4 is 8.56 Å². The van der Waals surface area contributed by atoms with Crippen LogP contribution in [0.2, 0.25) is 12.6 Å². The molecule has 1 aliphatic heterocycles. The van der Waals surface area contributed by atoms with E-state index in [1.54, 1.807) is 13.7 Å². The molecule has 0 aromatic carbocycles. The molecule has 14 heavy (non-hydrogen) atoms. The third kappa shape index (κ3) is 5.33. The largest absolute Gasteiger partial charge is 0.411 e. The van der Waals surface area contributed by atoms with Crippen LogP contribution in [0, 0.1) is 0 Å². The van der Waals surface area contributed by atoms with Crippen molar-refractivity contribution in [2.45, 2.75) is 51.0 Å². The van der Waals surface area contributed by atoms with E-state index in [-0.39, 0.29) is 32.7 Å². The molecule has 1 aliphatic carbocycles. The van der Waals surface area contributed by atoms with Crippen molar-refractivity contribution in [1.82, 2.24) is 0 Å². The Kier molecular flexibility index (Phi) is 7.29. The molecular weight excluding hydrogens is 273 g/mol. The van der Waals surface area contributed by atoms with Gasteiger partial charge in [-0.1, -0.05) is 6.92 Å². The van der Waals surface area contributed by atoms with E-state index in [1.807, 2.05) is 6.92 Å². The predicted molar refractivity (Wildman–Crippen MR) is 53.8 cm³/mol. The molecule has 0 bridgehead atoms. The van der Waals surface area contributed by atoms with Crippen LogP contribution in [0.1, 0.15) is 26.2 Å². The van der Waals surface area contributed by atoms with Crippen LogP contribution in [0.15, 0.2) is 0 Å². The van der Waals surface area contributed by atoms with Crippen LogP contribution in [0.5, 0.6) is 0 Å². The van der Waals surface area contributed by atoms with E-state index in [4.69, 9.17) is 14.0 Å². The average Bonchev–Trinajstić information content (AvgIpc) is 2.75. The van der Waals surface area contributed by atoms with Crippen molar-refractivity contribution < 1.29 is 46.7 Å². The molecule has 5 heteroatoms. The summed E-state index contributed by atoms with van der Waals surface area (Å²) in [6.45, 7) is 3.70. The Bertz CT molecular complexity index is 152. The first-order valence-electron chi connectivity index (χ1n) is 5.02. The van der Waals surface area contributed by atoms with Crippen LogP contribution >= 0.6 is 0 Å². The summed E-state index contributed by atoms with van der Waals surface area (Å²) in [7, 11) is -0.600. The van der Waals surface area contributed by atoms with Gasteiger partial charge in [-0.2, -0.15) is 0 Å². The van der Waals surface area contributed by atoms with Gasteiger partial charge in [-0.25, -0.2) is 0 Å². The summed E-state index contributed by atoms with van der Waals surface area (Å²) in [5, 5.41) is 0. The van der Waals surface area contributed by atoms with Gasteiger partial charge >= 0.3 is 8.56 Å². The smallest absolute Gasteiger partial charge is 0.331 e. The van der Waals surface area contributed by atoms with Gasteiger partial charge in [0.15, 0.2) is 0 Å². The van der Waals surface area contributed by atoms with Crippen LogP contribution in [0.25, 0.3) is 0 Å². The molecule has 3 unspecified atom stereocenters. The Morgan fingerprint density at radius 2 is 1.93 bits per heavy atom. The molecule has 0 aromatic heterocycles.